The van der Waals surface area contributed by atoms with E-state index in [-0.39, 0.29) is 0 Å². The molecule has 1 aliphatic rings. The van der Waals surface area contributed by atoms with Crippen molar-refractivity contribution in [2.75, 3.05) is 6.54 Å². The predicted molar refractivity (Wildman–Crippen MR) is 73.9 cm³/mol. The Morgan fingerprint density at radius 2 is 2.05 bits per heavy atom. The largest absolute Gasteiger partial charge is 0.467 e. The van der Waals surface area contributed by atoms with E-state index in [1.807, 2.05) is 6.07 Å². The number of hydrogen-bond acceptors (Lipinski definition) is 3. The van der Waals surface area contributed by atoms with Crippen molar-refractivity contribution in [2.24, 2.45) is 0 Å². The zero-order valence-corrected chi connectivity index (χ0v) is 10.9. The van der Waals surface area contributed by atoms with Crippen molar-refractivity contribution in [3.05, 3.63) is 59.5 Å². The van der Waals surface area contributed by atoms with Gasteiger partial charge in [-0.05, 0) is 42.5 Å². The topological polar surface area (TPSA) is 45.4 Å². The third-order valence-corrected chi connectivity index (χ3v) is 3.82. The first-order valence-electron chi connectivity index (χ1n) is 6.84. The van der Waals surface area contributed by atoms with E-state index in [1.54, 1.807) is 12.3 Å². The van der Waals surface area contributed by atoms with Gasteiger partial charge < -0.3 is 14.8 Å². The molecule has 0 radical (unpaired) electrons. The molecule has 0 spiro atoms. The smallest absolute Gasteiger partial charge is 0.133 e. The van der Waals surface area contributed by atoms with Crippen LogP contribution in [0, 0.1) is 0 Å². The third kappa shape index (κ3) is 2.88. The number of aliphatic hydroxyl groups is 1. The first kappa shape index (κ1) is 12.5. The van der Waals surface area contributed by atoms with Crippen LogP contribution >= 0.6 is 0 Å². The van der Waals surface area contributed by atoms with Gasteiger partial charge in [0.2, 0.25) is 0 Å². The fourth-order valence-corrected chi connectivity index (χ4v) is 2.73. The molecule has 2 unspecified atom stereocenters. The Morgan fingerprint density at radius 1 is 1.21 bits per heavy atom. The molecule has 1 heterocycles. The average Bonchev–Trinajstić information content (AvgIpc) is 2.99. The second kappa shape index (κ2) is 5.59. The van der Waals surface area contributed by atoms with Gasteiger partial charge in [0.15, 0.2) is 0 Å². The van der Waals surface area contributed by atoms with E-state index in [1.165, 1.54) is 11.1 Å². The molecule has 100 valence electrons. The lowest BCUT2D eigenvalue weighted by Crippen LogP contribution is -2.37. The summed E-state index contributed by atoms with van der Waals surface area (Å²) in [5.41, 5.74) is 2.89. The molecule has 3 nitrogen and oxygen atoms in total. The van der Waals surface area contributed by atoms with Crippen LogP contribution in [0.25, 0.3) is 0 Å². The number of aryl methyl sites for hydroxylation is 1. The van der Waals surface area contributed by atoms with Gasteiger partial charge in [-0.3, -0.25) is 0 Å². The average molecular weight is 257 g/mol. The van der Waals surface area contributed by atoms with Crippen molar-refractivity contribution in [3.63, 3.8) is 0 Å². The van der Waals surface area contributed by atoms with E-state index in [9.17, 15) is 5.11 Å². The lowest BCUT2D eigenvalue weighted by Gasteiger charge is -2.26. The maximum atomic E-state index is 9.98. The van der Waals surface area contributed by atoms with E-state index in [0.29, 0.717) is 18.3 Å². The summed E-state index contributed by atoms with van der Waals surface area (Å²) < 4.78 is 5.20. The summed E-state index contributed by atoms with van der Waals surface area (Å²) in [5.74, 6) is 0.628. The highest BCUT2D eigenvalue weighted by molar-refractivity contribution is 5.30. The van der Waals surface area contributed by atoms with Crippen LogP contribution in [0.2, 0.25) is 0 Å². The molecule has 1 aliphatic carbocycles. The lowest BCUT2D eigenvalue weighted by molar-refractivity contribution is 0.142. The minimum absolute atomic E-state index is 0.444. The lowest BCUT2D eigenvalue weighted by atomic mass is 9.88. The predicted octanol–water partition coefficient (Wildman–Crippen LogP) is 2.46. The Morgan fingerprint density at radius 3 is 2.84 bits per heavy atom. The highest BCUT2D eigenvalue weighted by Crippen LogP contribution is 2.21. The summed E-state index contributed by atoms with van der Waals surface area (Å²) in [6.07, 6.45) is 4.32. The van der Waals surface area contributed by atoms with Crippen LogP contribution in [0.15, 0.2) is 47.1 Å². The number of fused-ring (bicyclic) bond motifs is 1. The summed E-state index contributed by atoms with van der Waals surface area (Å²) in [5, 5.41) is 13.4. The molecule has 0 aliphatic heterocycles. The summed E-state index contributed by atoms with van der Waals surface area (Å²) in [7, 11) is 0. The number of benzene rings is 1. The molecule has 0 saturated carbocycles. The van der Waals surface area contributed by atoms with Crippen molar-refractivity contribution in [1.29, 1.82) is 0 Å². The van der Waals surface area contributed by atoms with Gasteiger partial charge in [-0.2, -0.15) is 0 Å². The molecular weight excluding hydrogens is 238 g/mol. The minimum atomic E-state index is -0.563. The maximum Gasteiger partial charge on any atom is 0.133 e. The van der Waals surface area contributed by atoms with Crippen molar-refractivity contribution in [3.8, 4) is 0 Å². The van der Waals surface area contributed by atoms with Crippen molar-refractivity contribution < 1.29 is 9.52 Å². The van der Waals surface area contributed by atoms with Crippen LogP contribution in [-0.2, 0) is 12.8 Å². The monoisotopic (exact) mass is 257 g/mol. The van der Waals surface area contributed by atoms with Crippen LogP contribution in [0.3, 0.4) is 0 Å². The van der Waals surface area contributed by atoms with Crippen LogP contribution in [0.4, 0.5) is 0 Å². The number of aliphatic hydroxyl groups excluding tert-OH is 1. The van der Waals surface area contributed by atoms with Crippen LogP contribution < -0.4 is 5.32 Å². The molecule has 2 atom stereocenters. The summed E-state index contributed by atoms with van der Waals surface area (Å²) in [6.45, 7) is 0.542. The molecule has 2 aromatic rings. The minimum Gasteiger partial charge on any atom is -0.467 e. The van der Waals surface area contributed by atoms with E-state index < -0.39 is 6.10 Å². The van der Waals surface area contributed by atoms with Gasteiger partial charge in [-0.25, -0.2) is 0 Å². The molecule has 1 aromatic heterocycles. The normalized spacial score (nSPS) is 19.9. The number of rotatable bonds is 4. The quantitative estimate of drug-likeness (QED) is 0.884. The Balaban J connectivity index is 1.55. The highest BCUT2D eigenvalue weighted by atomic mass is 16.4. The van der Waals surface area contributed by atoms with Gasteiger partial charge in [0.25, 0.3) is 0 Å². The Bertz CT molecular complexity index is 521. The van der Waals surface area contributed by atoms with Gasteiger partial charge in [-0.15, -0.1) is 0 Å². The van der Waals surface area contributed by atoms with Crippen molar-refractivity contribution >= 4 is 0 Å². The highest BCUT2D eigenvalue weighted by Gasteiger charge is 2.19. The summed E-state index contributed by atoms with van der Waals surface area (Å²) >= 11 is 0. The third-order valence-electron chi connectivity index (χ3n) is 3.82. The zero-order valence-electron chi connectivity index (χ0n) is 10.9. The fraction of sp³-hybridized carbons (Fsp3) is 0.375. The number of hydrogen-bond donors (Lipinski definition) is 2. The molecule has 0 fully saturated rings. The van der Waals surface area contributed by atoms with E-state index in [2.05, 4.69) is 29.6 Å². The maximum absolute atomic E-state index is 9.98. The molecule has 1 aromatic carbocycles. The molecule has 0 saturated heterocycles. The Kier molecular flexibility index (Phi) is 3.67. The first-order chi connectivity index (χ1) is 9.33. The number of nitrogens with one attached hydrogen (secondary N) is 1. The van der Waals surface area contributed by atoms with Gasteiger partial charge in [0, 0.05) is 12.6 Å². The molecular formula is C16H19NO2. The molecule has 3 rings (SSSR count). The summed E-state index contributed by atoms with van der Waals surface area (Å²) in [6, 6.07) is 12.7. The molecule has 0 amide bonds. The Labute approximate surface area is 113 Å². The SMILES string of the molecule is OC(CNC1CCc2ccccc2C1)c1ccco1. The zero-order chi connectivity index (χ0) is 13.1. The van der Waals surface area contributed by atoms with Gasteiger partial charge in [-0.1, -0.05) is 24.3 Å². The Hall–Kier alpha value is -1.58. The van der Waals surface area contributed by atoms with Gasteiger partial charge >= 0.3 is 0 Å². The molecule has 3 heteroatoms. The first-order valence-corrected chi connectivity index (χ1v) is 6.84. The van der Waals surface area contributed by atoms with Crippen LogP contribution in [0.5, 0.6) is 0 Å². The summed E-state index contributed by atoms with van der Waals surface area (Å²) in [4.78, 5) is 0. The van der Waals surface area contributed by atoms with E-state index in [4.69, 9.17) is 4.42 Å². The molecule has 19 heavy (non-hydrogen) atoms. The standard InChI is InChI=1S/C16H19NO2/c18-15(16-6-3-9-19-16)11-17-14-8-7-12-4-1-2-5-13(12)10-14/h1-6,9,14-15,17-18H,7-8,10-11H2. The van der Waals surface area contributed by atoms with Gasteiger partial charge in [0.05, 0.1) is 6.26 Å². The molecule has 2 N–H and O–H groups in total. The van der Waals surface area contributed by atoms with Crippen LogP contribution in [-0.4, -0.2) is 17.7 Å². The second-order valence-corrected chi connectivity index (χ2v) is 5.15. The van der Waals surface area contributed by atoms with Crippen LogP contribution in [0.1, 0.15) is 29.4 Å². The second-order valence-electron chi connectivity index (χ2n) is 5.15. The van der Waals surface area contributed by atoms with Gasteiger partial charge in [0.1, 0.15) is 11.9 Å². The van der Waals surface area contributed by atoms with E-state index >= 15 is 0 Å². The van der Waals surface area contributed by atoms with Crippen molar-refractivity contribution in [1.82, 2.24) is 5.32 Å². The van der Waals surface area contributed by atoms with Crippen molar-refractivity contribution in [2.45, 2.75) is 31.4 Å². The van der Waals surface area contributed by atoms with E-state index in [0.717, 1.165) is 19.3 Å². The fourth-order valence-electron chi connectivity index (χ4n) is 2.73. The molecule has 0 bridgehead atoms. The number of furan rings is 1.